The van der Waals surface area contributed by atoms with Gasteiger partial charge in [-0.2, -0.15) is 0 Å². The average Bonchev–Trinajstić information content (AvgIpc) is 2.97. The zero-order valence-corrected chi connectivity index (χ0v) is 13.8. The lowest BCUT2D eigenvalue weighted by Gasteiger charge is -2.13. The van der Waals surface area contributed by atoms with Crippen molar-refractivity contribution in [1.82, 2.24) is 10.2 Å². The van der Waals surface area contributed by atoms with E-state index in [1.807, 2.05) is 0 Å². The lowest BCUT2D eigenvalue weighted by atomic mass is 10.2. The van der Waals surface area contributed by atoms with Gasteiger partial charge in [-0.25, -0.2) is 0 Å². The maximum Gasteiger partial charge on any atom is 0.325 e. The number of nitrogens with zero attached hydrogens (tertiary/aromatic N) is 1. The Balaban J connectivity index is 1.72. The molecule has 0 aliphatic carbocycles. The minimum atomic E-state index is -0.740. The monoisotopic (exact) mass is 382 g/mol. The topological polar surface area (TPSA) is 92.8 Å². The van der Waals surface area contributed by atoms with Crippen molar-refractivity contribution < 1.29 is 23.9 Å². The zero-order chi connectivity index (χ0) is 16.8. The summed E-state index contributed by atoms with van der Waals surface area (Å²) in [4.78, 5) is 47.5. The van der Waals surface area contributed by atoms with Gasteiger partial charge in [-0.15, -0.1) is 0 Å². The molecule has 122 valence electrons. The Bertz CT molecular complexity index is 629. The predicted octanol–water partition coefficient (Wildman–Crippen LogP) is 0.871. The van der Waals surface area contributed by atoms with E-state index in [2.05, 4.69) is 21.2 Å². The highest BCUT2D eigenvalue weighted by Gasteiger charge is 2.26. The third kappa shape index (κ3) is 4.88. The Hall–Kier alpha value is -2.22. The van der Waals surface area contributed by atoms with E-state index in [1.165, 1.54) is 0 Å². The molecule has 2 rings (SSSR count). The van der Waals surface area contributed by atoms with Crippen LogP contribution in [0.25, 0.3) is 0 Å². The van der Waals surface area contributed by atoms with Crippen molar-refractivity contribution in [3.05, 3.63) is 34.3 Å². The maximum absolute atomic E-state index is 11.8. The van der Waals surface area contributed by atoms with Crippen LogP contribution in [-0.4, -0.2) is 48.3 Å². The van der Waals surface area contributed by atoms with Gasteiger partial charge in [0.1, 0.15) is 6.54 Å². The number of hydrogen-bond acceptors (Lipinski definition) is 5. The Kier molecular flexibility index (Phi) is 5.86. The minimum Gasteiger partial charge on any atom is -0.454 e. The van der Waals surface area contributed by atoms with Gasteiger partial charge in [0.2, 0.25) is 5.91 Å². The Morgan fingerprint density at radius 1 is 1.22 bits per heavy atom. The van der Waals surface area contributed by atoms with Crippen LogP contribution in [0.4, 0.5) is 0 Å². The third-order valence-electron chi connectivity index (χ3n) is 3.23. The van der Waals surface area contributed by atoms with Crippen LogP contribution < -0.4 is 5.32 Å². The predicted molar refractivity (Wildman–Crippen MR) is 83.4 cm³/mol. The number of amides is 3. The van der Waals surface area contributed by atoms with Crippen molar-refractivity contribution in [3.63, 3.8) is 0 Å². The van der Waals surface area contributed by atoms with Crippen molar-refractivity contribution in [3.8, 4) is 0 Å². The number of ether oxygens (including phenoxy) is 1. The fourth-order valence-corrected chi connectivity index (χ4v) is 2.30. The summed E-state index contributed by atoms with van der Waals surface area (Å²) < 4.78 is 5.60. The summed E-state index contributed by atoms with van der Waals surface area (Å²) in [5.74, 6) is -1.96. The van der Waals surface area contributed by atoms with E-state index in [9.17, 15) is 19.2 Å². The van der Waals surface area contributed by atoms with Gasteiger partial charge in [-0.05, 0) is 30.7 Å². The maximum atomic E-state index is 11.8. The van der Waals surface area contributed by atoms with Crippen molar-refractivity contribution in [2.75, 3.05) is 19.7 Å². The third-order valence-corrected chi connectivity index (χ3v) is 3.76. The molecule has 0 radical (unpaired) electrons. The van der Waals surface area contributed by atoms with Gasteiger partial charge in [-0.1, -0.05) is 15.9 Å². The molecule has 1 aliphatic rings. The van der Waals surface area contributed by atoms with Crippen LogP contribution in [0.15, 0.2) is 28.7 Å². The molecule has 0 aromatic heterocycles. The molecule has 1 aromatic rings. The molecule has 0 atom stereocenters. The van der Waals surface area contributed by atoms with E-state index < -0.39 is 24.4 Å². The molecule has 0 saturated carbocycles. The summed E-state index contributed by atoms with van der Waals surface area (Å²) in [7, 11) is 0. The highest BCUT2D eigenvalue weighted by molar-refractivity contribution is 9.10. The van der Waals surface area contributed by atoms with Crippen LogP contribution in [0.3, 0.4) is 0 Å². The first kappa shape index (κ1) is 17.1. The zero-order valence-electron chi connectivity index (χ0n) is 12.2. The number of carbonyl (C=O) groups is 4. The fraction of sp³-hybridized carbons (Fsp3) is 0.333. The lowest BCUT2D eigenvalue weighted by molar-refractivity contribution is -0.154. The number of imide groups is 1. The summed E-state index contributed by atoms with van der Waals surface area (Å²) in [6, 6.07) is 6.62. The van der Waals surface area contributed by atoms with E-state index >= 15 is 0 Å². The normalized spacial score (nSPS) is 13.8. The second kappa shape index (κ2) is 7.87. The number of hydrogen-bond donors (Lipinski definition) is 1. The van der Waals surface area contributed by atoms with Gasteiger partial charge in [0.05, 0.1) is 0 Å². The minimum absolute atomic E-state index is 0.255. The molecule has 1 heterocycles. The molecule has 8 heteroatoms. The number of carbonyl (C=O) groups excluding carboxylic acids is 4. The molecule has 0 unspecified atom stereocenters. The number of esters is 1. The summed E-state index contributed by atoms with van der Waals surface area (Å²) >= 11 is 3.26. The molecule has 1 fully saturated rings. The number of likely N-dealkylation sites (tertiary alicyclic amines) is 1. The largest absolute Gasteiger partial charge is 0.454 e. The van der Waals surface area contributed by atoms with Crippen LogP contribution in [-0.2, 0) is 19.1 Å². The van der Waals surface area contributed by atoms with E-state index in [0.717, 1.165) is 9.37 Å². The molecule has 0 spiro atoms. The number of benzene rings is 1. The lowest BCUT2D eigenvalue weighted by Crippen LogP contribution is -2.37. The second-order valence-electron chi connectivity index (χ2n) is 4.89. The van der Waals surface area contributed by atoms with Crippen molar-refractivity contribution in [2.24, 2.45) is 0 Å². The smallest absolute Gasteiger partial charge is 0.325 e. The Morgan fingerprint density at radius 3 is 2.52 bits per heavy atom. The Morgan fingerprint density at radius 2 is 1.91 bits per heavy atom. The highest BCUT2D eigenvalue weighted by Crippen LogP contribution is 2.10. The van der Waals surface area contributed by atoms with Crippen LogP contribution >= 0.6 is 15.9 Å². The summed E-state index contributed by atoms with van der Waals surface area (Å²) in [5, 5.41) is 2.40. The van der Waals surface area contributed by atoms with Gasteiger partial charge in [-0.3, -0.25) is 24.1 Å². The molecule has 1 saturated heterocycles. The molecule has 7 nitrogen and oxygen atoms in total. The number of halogens is 1. The molecule has 23 heavy (non-hydrogen) atoms. The number of rotatable bonds is 5. The van der Waals surface area contributed by atoms with Crippen molar-refractivity contribution in [2.45, 2.75) is 12.8 Å². The highest BCUT2D eigenvalue weighted by atomic mass is 79.9. The quantitative estimate of drug-likeness (QED) is 0.762. The second-order valence-corrected chi connectivity index (χ2v) is 5.81. The van der Waals surface area contributed by atoms with Gasteiger partial charge in [0.15, 0.2) is 6.61 Å². The van der Waals surface area contributed by atoms with Crippen LogP contribution in [0.1, 0.15) is 23.2 Å². The van der Waals surface area contributed by atoms with Crippen LogP contribution in [0, 0.1) is 0 Å². The molecule has 1 N–H and O–H groups in total. The molecular formula is C15H15BrN2O5. The molecule has 0 bridgehead atoms. The van der Waals surface area contributed by atoms with E-state index in [4.69, 9.17) is 4.74 Å². The molecule has 1 aliphatic heterocycles. The van der Waals surface area contributed by atoms with E-state index in [-0.39, 0.29) is 12.5 Å². The fourth-order valence-electron chi connectivity index (χ4n) is 2.04. The summed E-state index contributed by atoms with van der Waals surface area (Å²) in [5.41, 5.74) is 0.403. The molecule has 1 aromatic carbocycles. The average molecular weight is 383 g/mol. The first-order valence-corrected chi connectivity index (χ1v) is 7.79. The van der Waals surface area contributed by atoms with Crippen molar-refractivity contribution >= 4 is 39.6 Å². The molecule has 3 amide bonds. The van der Waals surface area contributed by atoms with Crippen LogP contribution in [0.5, 0.6) is 0 Å². The van der Waals surface area contributed by atoms with Gasteiger partial charge < -0.3 is 10.1 Å². The van der Waals surface area contributed by atoms with Crippen molar-refractivity contribution in [1.29, 1.82) is 0 Å². The van der Waals surface area contributed by atoms with Gasteiger partial charge in [0.25, 0.3) is 11.8 Å². The van der Waals surface area contributed by atoms with Crippen LogP contribution in [0.2, 0.25) is 0 Å². The first-order valence-electron chi connectivity index (χ1n) is 7.00. The standard InChI is InChI=1S/C15H15BrN2O5/c16-11-5-3-10(4-6-11)15(22)17-8-14(21)23-9-13(20)18-7-1-2-12(18)19/h3-6H,1-2,7-9H2,(H,17,22). The van der Waals surface area contributed by atoms with E-state index in [0.29, 0.717) is 24.9 Å². The Labute approximate surface area is 141 Å². The van der Waals surface area contributed by atoms with E-state index in [1.54, 1.807) is 24.3 Å². The van der Waals surface area contributed by atoms with Gasteiger partial charge in [0, 0.05) is 23.0 Å². The summed E-state index contributed by atoms with van der Waals surface area (Å²) in [6.45, 7) is -0.496. The molecular weight excluding hydrogens is 368 g/mol. The SMILES string of the molecule is O=C(CNC(=O)c1ccc(Br)cc1)OCC(=O)N1CCCC1=O. The number of nitrogens with one attached hydrogen (secondary N) is 1. The first-order chi connectivity index (χ1) is 11.0. The van der Waals surface area contributed by atoms with Gasteiger partial charge >= 0.3 is 5.97 Å². The summed E-state index contributed by atoms with van der Waals surface area (Å²) in [6.07, 6.45) is 0.963.